The Labute approximate surface area is 145 Å². The molecular formula is C17H20FN5O2. The van der Waals surface area contributed by atoms with Crippen molar-refractivity contribution in [2.45, 2.75) is 6.92 Å². The average molecular weight is 345 g/mol. The Balaban J connectivity index is 1.70. The van der Waals surface area contributed by atoms with Crippen LogP contribution in [0.4, 0.5) is 16.0 Å². The Hall–Kier alpha value is -2.90. The lowest BCUT2D eigenvalue weighted by Gasteiger charge is -2.35. The third-order valence-corrected chi connectivity index (χ3v) is 4.16. The molecule has 7 nitrogen and oxygen atoms in total. The lowest BCUT2D eigenvalue weighted by atomic mass is 10.1. The predicted molar refractivity (Wildman–Crippen MR) is 92.0 cm³/mol. The van der Waals surface area contributed by atoms with Crippen molar-refractivity contribution in [1.82, 2.24) is 14.5 Å². The second-order valence-electron chi connectivity index (χ2n) is 5.99. The Morgan fingerprint density at radius 2 is 1.92 bits per heavy atom. The van der Waals surface area contributed by atoms with Gasteiger partial charge < -0.3 is 19.7 Å². The van der Waals surface area contributed by atoms with Gasteiger partial charge in [-0.25, -0.2) is 9.37 Å². The maximum atomic E-state index is 14.1. The van der Waals surface area contributed by atoms with Crippen LogP contribution in [0.1, 0.15) is 17.3 Å². The van der Waals surface area contributed by atoms with Crippen molar-refractivity contribution in [3.05, 3.63) is 42.0 Å². The Kier molecular flexibility index (Phi) is 4.69. The van der Waals surface area contributed by atoms with E-state index in [0.29, 0.717) is 31.9 Å². The standard InChI is InChI=1S/C17H20FN5O2/c1-12(24)20-13-3-4-15(18)14(11-13)16(25)22-7-9-23(10-8-22)17-19-5-6-21(17)2/h3-6,11H,7-10H2,1-2H3,(H,20,24). The zero-order valence-electron chi connectivity index (χ0n) is 14.2. The maximum absolute atomic E-state index is 14.1. The van der Waals surface area contributed by atoms with Crippen molar-refractivity contribution in [3.8, 4) is 0 Å². The molecule has 0 aliphatic carbocycles. The van der Waals surface area contributed by atoms with Gasteiger partial charge in [-0.2, -0.15) is 0 Å². The molecule has 1 aliphatic heterocycles. The molecule has 1 saturated heterocycles. The molecule has 0 bridgehead atoms. The normalized spacial score (nSPS) is 14.5. The van der Waals surface area contributed by atoms with Crippen LogP contribution in [0.25, 0.3) is 0 Å². The van der Waals surface area contributed by atoms with Crippen LogP contribution in [0.15, 0.2) is 30.6 Å². The number of halogens is 1. The molecular weight excluding hydrogens is 325 g/mol. The summed E-state index contributed by atoms with van der Waals surface area (Å²) in [7, 11) is 1.92. The van der Waals surface area contributed by atoms with Gasteiger partial charge >= 0.3 is 0 Å². The second kappa shape index (κ2) is 6.92. The first kappa shape index (κ1) is 16.9. The zero-order valence-corrected chi connectivity index (χ0v) is 14.2. The molecule has 2 heterocycles. The van der Waals surface area contributed by atoms with E-state index in [-0.39, 0.29) is 17.4 Å². The largest absolute Gasteiger partial charge is 0.339 e. The first-order valence-electron chi connectivity index (χ1n) is 8.04. The minimum Gasteiger partial charge on any atom is -0.339 e. The number of aryl methyl sites for hydroxylation is 1. The molecule has 8 heteroatoms. The highest BCUT2D eigenvalue weighted by atomic mass is 19.1. The van der Waals surface area contributed by atoms with Crippen LogP contribution in [-0.4, -0.2) is 52.4 Å². The average Bonchev–Trinajstić information content (AvgIpc) is 3.02. The van der Waals surface area contributed by atoms with Gasteiger partial charge in [0.2, 0.25) is 11.9 Å². The molecule has 1 aromatic heterocycles. The monoisotopic (exact) mass is 345 g/mol. The number of amides is 2. The summed E-state index contributed by atoms with van der Waals surface area (Å²) in [4.78, 5) is 31.8. The predicted octanol–water partition coefficient (Wildman–Crippen LogP) is 1.48. The van der Waals surface area contributed by atoms with Crippen molar-refractivity contribution in [1.29, 1.82) is 0 Å². The summed E-state index contributed by atoms with van der Waals surface area (Å²) in [6, 6.07) is 4.01. The van der Waals surface area contributed by atoms with Crippen molar-refractivity contribution in [2.24, 2.45) is 7.05 Å². The van der Waals surface area contributed by atoms with Crippen molar-refractivity contribution in [3.63, 3.8) is 0 Å². The molecule has 0 radical (unpaired) electrons. The number of rotatable bonds is 3. The van der Waals surface area contributed by atoms with Gasteiger partial charge in [-0.05, 0) is 18.2 Å². The van der Waals surface area contributed by atoms with Gasteiger partial charge in [0.15, 0.2) is 0 Å². The quantitative estimate of drug-likeness (QED) is 0.915. The number of aromatic nitrogens is 2. The van der Waals surface area contributed by atoms with E-state index < -0.39 is 5.82 Å². The molecule has 3 rings (SSSR count). The number of piperazine rings is 1. The summed E-state index contributed by atoms with van der Waals surface area (Å²) in [5.74, 6) is -0.380. The van der Waals surface area contributed by atoms with E-state index >= 15 is 0 Å². The van der Waals surface area contributed by atoms with E-state index in [0.717, 1.165) is 5.95 Å². The zero-order chi connectivity index (χ0) is 18.0. The molecule has 1 fully saturated rings. The summed E-state index contributed by atoms with van der Waals surface area (Å²) >= 11 is 0. The molecule has 132 valence electrons. The molecule has 0 atom stereocenters. The summed E-state index contributed by atoms with van der Waals surface area (Å²) < 4.78 is 16.0. The van der Waals surface area contributed by atoms with Gasteiger partial charge in [0.25, 0.3) is 5.91 Å². The lowest BCUT2D eigenvalue weighted by molar-refractivity contribution is -0.114. The first-order valence-corrected chi connectivity index (χ1v) is 8.04. The van der Waals surface area contributed by atoms with Gasteiger partial charge in [0, 0.05) is 58.2 Å². The van der Waals surface area contributed by atoms with Crippen LogP contribution in [0, 0.1) is 5.82 Å². The molecule has 2 aromatic rings. The van der Waals surface area contributed by atoms with E-state index in [1.807, 2.05) is 17.8 Å². The van der Waals surface area contributed by atoms with Crippen LogP contribution in [0.5, 0.6) is 0 Å². The summed E-state index contributed by atoms with van der Waals surface area (Å²) in [5, 5.41) is 2.57. The number of hydrogen-bond acceptors (Lipinski definition) is 4. The third kappa shape index (κ3) is 3.62. The number of carbonyl (C=O) groups excluding carboxylic acids is 2. The number of nitrogens with one attached hydrogen (secondary N) is 1. The molecule has 1 N–H and O–H groups in total. The number of imidazole rings is 1. The van der Waals surface area contributed by atoms with Crippen molar-refractivity contribution < 1.29 is 14.0 Å². The molecule has 0 unspecified atom stereocenters. The topological polar surface area (TPSA) is 70.5 Å². The highest BCUT2D eigenvalue weighted by Crippen LogP contribution is 2.19. The minimum atomic E-state index is -0.592. The second-order valence-corrected chi connectivity index (χ2v) is 5.99. The van der Waals surface area contributed by atoms with Crippen molar-refractivity contribution >= 4 is 23.5 Å². The van der Waals surface area contributed by atoms with Crippen LogP contribution in [0.2, 0.25) is 0 Å². The van der Waals surface area contributed by atoms with Gasteiger partial charge in [0.05, 0.1) is 5.56 Å². The van der Waals surface area contributed by atoms with Gasteiger partial charge in [-0.15, -0.1) is 0 Å². The third-order valence-electron chi connectivity index (χ3n) is 4.16. The first-order chi connectivity index (χ1) is 12.0. The fraction of sp³-hybridized carbons (Fsp3) is 0.353. The maximum Gasteiger partial charge on any atom is 0.257 e. The Morgan fingerprint density at radius 3 is 2.52 bits per heavy atom. The fourth-order valence-corrected chi connectivity index (χ4v) is 2.91. The number of benzene rings is 1. The number of nitrogens with zero attached hydrogens (tertiary/aromatic N) is 4. The van der Waals surface area contributed by atoms with Crippen LogP contribution in [0.3, 0.4) is 0 Å². The fourth-order valence-electron chi connectivity index (χ4n) is 2.91. The van der Waals surface area contributed by atoms with E-state index in [1.54, 1.807) is 11.1 Å². The van der Waals surface area contributed by atoms with Crippen LogP contribution >= 0.6 is 0 Å². The molecule has 0 spiro atoms. The molecule has 2 amide bonds. The number of anilines is 2. The van der Waals surface area contributed by atoms with E-state index in [2.05, 4.69) is 15.2 Å². The lowest BCUT2D eigenvalue weighted by Crippen LogP contribution is -2.49. The number of hydrogen-bond donors (Lipinski definition) is 1. The molecule has 25 heavy (non-hydrogen) atoms. The molecule has 1 aliphatic rings. The molecule has 0 saturated carbocycles. The SMILES string of the molecule is CC(=O)Nc1ccc(F)c(C(=O)N2CCN(c3nccn3C)CC2)c1. The Morgan fingerprint density at radius 1 is 1.20 bits per heavy atom. The molecule has 1 aromatic carbocycles. The van der Waals surface area contributed by atoms with Crippen LogP contribution in [-0.2, 0) is 11.8 Å². The smallest absolute Gasteiger partial charge is 0.257 e. The van der Waals surface area contributed by atoms with Gasteiger partial charge in [0.1, 0.15) is 5.82 Å². The highest BCUT2D eigenvalue weighted by molar-refractivity contribution is 5.97. The van der Waals surface area contributed by atoms with E-state index in [9.17, 15) is 14.0 Å². The van der Waals surface area contributed by atoms with E-state index in [4.69, 9.17) is 0 Å². The summed E-state index contributed by atoms with van der Waals surface area (Å²) in [6.07, 6.45) is 3.60. The highest BCUT2D eigenvalue weighted by Gasteiger charge is 2.25. The summed E-state index contributed by atoms with van der Waals surface area (Å²) in [6.45, 7) is 3.58. The Bertz CT molecular complexity index is 796. The number of carbonyl (C=O) groups is 2. The van der Waals surface area contributed by atoms with Crippen LogP contribution < -0.4 is 10.2 Å². The minimum absolute atomic E-state index is 0.0308. The summed E-state index contributed by atoms with van der Waals surface area (Å²) in [5.41, 5.74) is 0.376. The van der Waals surface area contributed by atoms with E-state index in [1.165, 1.54) is 25.1 Å². The van der Waals surface area contributed by atoms with Gasteiger partial charge in [-0.1, -0.05) is 0 Å². The van der Waals surface area contributed by atoms with Crippen molar-refractivity contribution in [2.75, 3.05) is 36.4 Å². The van der Waals surface area contributed by atoms with Gasteiger partial charge in [-0.3, -0.25) is 9.59 Å².